The summed E-state index contributed by atoms with van der Waals surface area (Å²) in [5.41, 5.74) is 1.89. The number of rotatable bonds is 6. The summed E-state index contributed by atoms with van der Waals surface area (Å²) < 4.78 is 10.8. The highest BCUT2D eigenvalue weighted by Crippen LogP contribution is 2.26. The maximum Gasteiger partial charge on any atom is 0.260 e. The Balaban J connectivity index is 1.54. The molecule has 2 aromatic rings. The minimum absolute atomic E-state index is 0.0158. The van der Waals surface area contributed by atoms with Crippen LogP contribution in [0.1, 0.15) is 11.4 Å². The number of methoxy groups -OCH3 is 1. The number of likely N-dealkylation sites (tertiary alicyclic amines) is 1. The van der Waals surface area contributed by atoms with Crippen LogP contribution in [0.15, 0.2) is 30.3 Å². The number of aliphatic hydroxyl groups is 1. The predicted octanol–water partition coefficient (Wildman–Crippen LogP) is 1.17. The van der Waals surface area contributed by atoms with E-state index in [2.05, 4.69) is 10.2 Å². The second-order valence-electron chi connectivity index (χ2n) is 6.31. The number of amides is 1. The van der Waals surface area contributed by atoms with Crippen molar-refractivity contribution in [3.63, 3.8) is 0 Å². The molecule has 1 aliphatic heterocycles. The Kier molecular flexibility index (Phi) is 5.23. The van der Waals surface area contributed by atoms with Crippen LogP contribution in [0.3, 0.4) is 0 Å². The Hall–Kier alpha value is -2.54. The van der Waals surface area contributed by atoms with Crippen LogP contribution in [0, 0.1) is 12.8 Å². The molecule has 0 radical (unpaired) electrons. The first-order valence-corrected chi connectivity index (χ1v) is 8.29. The summed E-state index contributed by atoms with van der Waals surface area (Å²) in [5.74, 6) is 0.953. The van der Waals surface area contributed by atoms with Crippen LogP contribution >= 0.6 is 0 Å². The fourth-order valence-corrected chi connectivity index (χ4v) is 3.07. The van der Waals surface area contributed by atoms with Crippen LogP contribution in [-0.4, -0.2) is 59.0 Å². The lowest BCUT2D eigenvalue weighted by atomic mass is 10.0. The van der Waals surface area contributed by atoms with Gasteiger partial charge >= 0.3 is 0 Å². The molecular weight excluding hydrogens is 322 g/mol. The fourth-order valence-electron chi connectivity index (χ4n) is 3.07. The highest BCUT2D eigenvalue weighted by atomic mass is 16.5. The van der Waals surface area contributed by atoms with Gasteiger partial charge in [-0.05, 0) is 31.5 Å². The van der Waals surface area contributed by atoms with Gasteiger partial charge in [-0.2, -0.15) is 5.10 Å². The van der Waals surface area contributed by atoms with Crippen molar-refractivity contribution in [2.24, 2.45) is 5.92 Å². The van der Waals surface area contributed by atoms with E-state index in [1.807, 2.05) is 25.1 Å². The summed E-state index contributed by atoms with van der Waals surface area (Å²) in [4.78, 5) is 14.0. The zero-order valence-corrected chi connectivity index (χ0v) is 14.4. The normalized spacial score (nSPS) is 19.9. The van der Waals surface area contributed by atoms with Gasteiger partial charge in [-0.3, -0.25) is 9.89 Å². The number of para-hydroxylation sites is 2. The number of aromatic nitrogens is 2. The molecule has 3 rings (SSSR count). The predicted molar refractivity (Wildman–Crippen MR) is 91.6 cm³/mol. The molecular formula is C18H23N3O4. The molecule has 2 atom stereocenters. The monoisotopic (exact) mass is 345 g/mol. The molecule has 1 fully saturated rings. The molecule has 2 heterocycles. The van der Waals surface area contributed by atoms with Gasteiger partial charge in [0.25, 0.3) is 5.91 Å². The number of benzene rings is 1. The summed E-state index contributed by atoms with van der Waals surface area (Å²) >= 11 is 0. The minimum atomic E-state index is -0.549. The van der Waals surface area contributed by atoms with E-state index >= 15 is 0 Å². The Morgan fingerprint density at radius 3 is 2.80 bits per heavy atom. The van der Waals surface area contributed by atoms with E-state index < -0.39 is 6.10 Å². The smallest absolute Gasteiger partial charge is 0.260 e. The highest BCUT2D eigenvalue weighted by Gasteiger charge is 2.34. The molecule has 1 amide bonds. The summed E-state index contributed by atoms with van der Waals surface area (Å²) in [7, 11) is 1.56. The average molecular weight is 345 g/mol. The number of ether oxygens (including phenoxy) is 2. The van der Waals surface area contributed by atoms with Crippen LogP contribution in [0.4, 0.5) is 0 Å². The highest BCUT2D eigenvalue weighted by molar-refractivity contribution is 5.78. The number of H-pyrrole nitrogens is 1. The van der Waals surface area contributed by atoms with Crippen LogP contribution in [-0.2, 0) is 11.2 Å². The average Bonchev–Trinajstić information content (AvgIpc) is 3.19. The van der Waals surface area contributed by atoms with Gasteiger partial charge in [-0.25, -0.2) is 0 Å². The largest absolute Gasteiger partial charge is 0.493 e. The molecule has 1 aromatic carbocycles. The van der Waals surface area contributed by atoms with Crippen molar-refractivity contribution in [2.45, 2.75) is 19.4 Å². The van der Waals surface area contributed by atoms with Crippen LogP contribution in [0.25, 0.3) is 0 Å². The molecule has 1 saturated heterocycles. The zero-order valence-electron chi connectivity index (χ0n) is 14.4. The van der Waals surface area contributed by atoms with E-state index in [1.165, 1.54) is 0 Å². The second-order valence-corrected chi connectivity index (χ2v) is 6.31. The first-order valence-electron chi connectivity index (χ1n) is 8.29. The van der Waals surface area contributed by atoms with Gasteiger partial charge < -0.3 is 19.5 Å². The van der Waals surface area contributed by atoms with Crippen molar-refractivity contribution in [3.05, 3.63) is 41.7 Å². The number of aryl methyl sites for hydroxylation is 1. The van der Waals surface area contributed by atoms with Crippen molar-refractivity contribution >= 4 is 5.91 Å². The Morgan fingerprint density at radius 1 is 1.36 bits per heavy atom. The molecule has 1 aromatic heterocycles. The van der Waals surface area contributed by atoms with Crippen molar-refractivity contribution in [1.82, 2.24) is 15.1 Å². The lowest BCUT2D eigenvalue weighted by molar-refractivity contribution is -0.132. The SMILES string of the molecule is COc1ccccc1OCC(=O)N1C[C@@H](Cc2cc(C)[nH]n2)[C@@H](O)C1. The molecule has 2 N–H and O–H groups in total. The Morgan fingerprint density at radius 2 is 2.12 bits per heavy atom. The lowest BCUT2D eigenvalue weighted by Crippen LogP contribution is -2.33. The standard InChI is InChI=1S/C18H23N3O4/c1-12-7-14(20-19-12)8-13-9-21(10-15(13)22)18(23)11-25-17-6-4-3-5-16(17)24-2/h3-7,13,15,22H,8-11H2,1-2H3,(H,19,20)/t13-,15+/m1/s1. The third-order valence-electron chi connectivity index (χ3n) is 4.41. The topological polar surface area (TPSA) is 87.7 Å². The van der Waals surface area contributed by atoms with Crippen molar-refractivity contribution < 1.29 is 19.4 Å². The van der Waals surface area contributed by atoms with E-state index in [1.54, 1.807) is 24.1 Å². The van der Waals surface area contributed by atoms with Gasteiger partial charge in [-0.15, -0.1) is 0 Å². The van der Waals surface area contributed by atoms with Gasteiger partial charge in [-0.1, -0.05) is 12.1 Å². The number of nitrogens with zero attached hydrogens (tertiary/aromatic N) is 2. The maximum atomic E-state index is 12.4. The minimum Gasteiger partial charge on any atom is -0.493 e. The summed E-state index contributed by atoms with van der Waals surface area (Å²) in [6.45, 7) is 2.68. The molecule has 0 saturated carbocycles. The van der Waals surface area contributed by atoms with Gasteiger partial charge in [0, 0.05) is 24.7 Å². The van der Waals surface area contributed by atoms with Gasteiger partial charge in [0.2, 0.25) is 0 Å². The van der Waals surface area contributed by atoms with E-state index in [0.717, 1.165) is 11.4 Å². The van der Waals surface area contributed by atoms with Gasteiger partial charge in [0.15, 0.2) is 18.1 Å². The number of aliphatic hydroxyl groups excluding tert-OH is 1. The molecule has 1 aliphatic rings. The Labute approximate surface area is 146 Å². The molecule has 7 heteroatoms. The molecule has 7 nitrogen and oxygen atoms in total. The number of β-amino-alcohol motifs (C(OH)–C–C–N with tert-alkyl or cyclic N) is 1. The van der Waals surface area contributed by atoms with Gasteiger partial charge in [0.05, 0.1) is 18.9 Å². The molecule has 0 aliphatic carbocycles. The summed E-state index contributed by atoms with van der Waals surface area (Å²) in [6.07, 6.45) is 0.0926. The van der Waals surface area contributed by atoms with Crippen LogP contribution < -0.4 is 9.47 Å². The van der Waals surface area contributed by atoms with E-state index in [4.69, 9.17) is 9.47 Å². The number of nitrogens with one attached hydrogen (secondary N) is 1. The third-order valence-corrected chi connectivity index (χ3v) is 4.41. The third kappa shape index (κ3) is 4.11. The van der Waals surface area contributed by atoms with E-state index in [9.17, 15) is 9.90 Å². The van der Waals surface area contributed by atoms with Crippen molar-refractivity contribution in [2.75, 3.05) is 26.8 Å². The first-order chi connectivity index (χ1) is 12.1. The Bertz CT molecular complexity index is 731. The number of aromatic amines is 1. The molecule has 0 spiro atoms. The molecule has 0 unspecified atom stereocenters. The summed E-state index contributed by atoms with van der Waals surface area (Å²) in [6, 6.07) is 9.16. The number of hydrogen-bond acceptors (Lipinski definition) is 5. The van der Waals surface area contributed by atoms with Crippen molar-refractivity contribution in [1.29, 1.82) is 0 Å². The molecule has 25 heavy (non-hydrogen) atoms. The first kappa shape index (κ1) is 17.3. The van der Waals surface area contributed by atoms with Gasteiger partial charge in [0.1, 0.15) is 0 Å². The fraction of sp³-hybridized carbons (Fsp3) is 0.444. The number of carbonyl (C=O) groups is 1. The quantitative estimate of drug-likeness (QED) is 0.820. The second kappa shape index (κ2) is 7.57. The molecule has 0 bridgehead atoms. The maximum absolute atomic E-state index is 12.4. The molecule has 134 valence electrons. The zero-order chi connectivity index (χ0) is 17.8. The van der Waals surface area contributed by atoms with E-state index in [0.29, 0.717) is 31.0 Å². The van der Waals surface area contributed by atoms with Crippen LogP contribution in [0.2, 0.25) is 0 Å². The van der Waals surface area contributed by atoms with Crippen LogP contribution in [0.5, 0.6) is 11.5 Å². The number of hydrogen-bond donors (Lipinski definition) is 2. The van der Waals surface area contributed by atoms with Crippen molar-refractivity contribution in [3.8, 4) is 11.5 Å². The lowest BCUT2D eigenvalue weighted by Gasteiger charge is -2.17. The summed E-state index contributed by atoms with van der Waals surface area (Å²) in [5, 5.41) is 17.3. The van der Waals surface area contributed by atoms with E-state index in [-0.39, 0.29) is 18.4 Å². The number of carbonyl (C=O) groups excluding carboxylic acids is 1.